The second-order valence-corrected chi connectivity index (χ2v) is 4.32. The van der Waals surface area contributed by atoms with Gasteiger partial charge in [0.15, 0.2) is 0 Å². The maximum atomic E-state index is 12.8. The normalized spacial score (nSPS) is 19.4. The molecule has 0 aromatic heterocycles. The molecule has 1 heterocycles. The van der Waals surface area contributed by atoms with Gasteiger partial charge in [0, 0.05) is 12.2 Å². The van der Waals surface area contributed by atoms with Crippen LogP contribution in [-0.4, -0.2) is 32.5 Å². The first-order valence-corrected chi connectivity index (χ1v) is 6.05. The fourth-order valence-corrected chi connectivity index (χ4v) is 1.87. The molecule has 20 heavy (non-hydrogen) atoms. The SMILES string of the molecule is N#Cc1ccc(NCC2COCCO2)cc1C(F)(F)F. The van der Waals surface area contributed by atoms with Gasteiger partial charge in [-0.1, -0.05) is 0 Å². The largest absolute Gasteiger partial charge is 0.417 e. The van der Waals surface area contributed by atoms with Crippen LogP contribution in [0.1, 0.15) is 11.1 Å². The van der Waals surface area contributed by atoms with Crippen LogP contribution in [-0.2, 0) is 15.7 Å². The number of nitrogens with zero attached hydrogens (tertiary/aromatic N) is 1. The molecular weight excluding hydrogens is 273 g/mol. The molecule has 1 aromatic carbocycles. The second-order valence-electron chi connectivity index (χ2n) is 4.32. The summed E-state index contributed by atoms with van der Waals surface area (Å²) in [5.74, 6) is 0. The van der Waals surface area contributed by atoms with E-state index < -0.39 is 11.7 Å². The average molecular weight is 286 g/mol. The van der Waals surface area contributed by atoms with Crippen molar-refractivity contribution in [3.05, 3.63) is 29.3 Å². The Bertz CT molecular complexity index is 505. The van der Waals surface area contributed by atoms with Crippen LogP contribution in [0.2, 0.25) is 0 Å². The van der Waals surface area contributed by atoms with Crippen LogP contribution in [0.3, 0.4) is 0 Å². The van der Waals surface area contributed by atoms with Crippen LogP contribution in [0.25, 0.3) is 0 Å². The average Bonchev–Trinajstić information content (AvgIpc) is 2.45. The van der Waals surface area contributed by atoms with Crippen LogP contribution in [0.15, 0.2) is 18.2 Å². The summed E-state index contributed by atoms with van der Waals surface area (Å²) in [6.45, 7) is 1.78. The number of ether oxygens (including phenoxy) is 2. The monoisotopic (exact) mass is 286 g/mol. The fraction of sp³-hybridized carbons (Fsp3) is 0.462. The highest BCUT2D eigenvalue weighted by molar-refractivity contribution is 5.53. The van der Waals surface area contributed by atoms with Crippen molar-refractivity contribution in [3.8, 4) is 6.07 Å². The Kier molecular flexibility index (Phi) is 4.47. The smallest absolute Gasteiger partial charge is 0.382 e. The summed E-state index contributed by atoms with van der Waals surface area (Å²) in [4.78, 5) is 0. The predicted octanol–water partition coefficient (Wildman–Crippen LogP) is 2.40. The Balaban J connectivity index is 2.07. The number of hydrogen-bond donors (Lipinski definition) is 1. The first kappa shape index (κ1) is 14.6. The zero-order valence-electron chi connectivity index (χ0n) is 10.5. The molecular formula is C13H13F3N2O2. The minimum absolute atomic E-state index is 0.186. The van der Waals surface area contributed by atoms with Gasteiger partial charge >= 0.3 is 6.18 Å². The third kappa shape index (κ3) is 3.62. The Hall–Kier alpha value is -1.78. The van der Waals surface area contributed by atoms with Crippen molar-refractivity contribution < 1.29 is 22.6 Å². The van der Waals surface area contributed by atoms with Crippen LogP contribution >= 0.6 is 0 Å². The number of nitrogens with one attached hydrogen (secondary N) is 1. The molecule has 1 saturated heterocycles. The fourth-order valence-electron chi connectivity index (χ4n) is 1.87. The van der Waals surface area contributed by atoms with E-state index in [0.29, 0.717) is 32.1 Å². The van der Waals surface area contributed by atoms with Crippen molar-refractivity contribution in [2.75, 3.05) is 31.7 Å². The lowest BCUT2D eigenvalue weighted by Gasteiger charge is -2.23. The molecule has 1 atom stereocenters. The molecule has 1 fully saturated rings. The van der Waals surface area contributed by atoms with Gasteiger partial charge in [-0.2, -0.15) is 18.4 Å². The van der Waals surface area contributed by atoms with Gasteiger partial charge in [0.2, 0.25) is 0 Å². The number of rotatable bonds is 3. The zero-order chi connectivity index (χ0) is 14.6. The summed E-state index contributed by atoms with van der Waals surface area (Å²) in [5, 5.41) is 11.6. The first-order chi connectivity index (χ1) is 9.50. The molecule has 0 spiro atoms. The maximum absolute atomic E-state index is 12.8. The molecule has 1 N–H and O–H groups in total. The number of halogens is 3. The van der Waals surface area contributed by atoms with Crippen molar-refractivity contribution in [1.82, 2.24) is 0 Å². The minimum Gasteiger partial charge on any atom is -0.382 e. The lowest BCUT2D eigenvalue weighted by molar-refractivity contribution is -0.137. The van der Waals surface area contributed by atoms with Crippen molar-refractivity contribution in [3.63, 3.8) is 0 Å². The molecule has 0 radical (unpaired) electrons. The van der Waals surface area contributed by atoms with E-state index >= 15 is 0 Å². The summed E-state index contributed by atoms with van der Waals surface area (Å²) in [5.41, 5.74) is -1.03. The molecule has 0 bridgehead atoms. The summed E-state index contributed by atoms with van der Waals surface area (Å²) >= 11 is 0. The molecule has 7 heteroatoms. The zero-order valence-corrected chi connectivity index (χ0v) is 10.5. The van der Waals surface area contributed by atoms with E-state index in [0.717, 1.165) is 12.1 Å². The highest BCUT2D eigenvalue weighted by atomic mass is 19.4. The topological polar surface area (TPSA) is 54.3 Å². The number of nitriles is 1. The highest BCUT2D eigenvalue weighted by Gasteiger charge is 2.33. The number of alkyl halides is 3. The van der Waals surface area contributed by atoms with Gasteiger partial charge in [-0.15, -0.1) is 0 Å². The van der Waals surface area contributed by atoms with Crippen LogP contribution in [0.5, 0.6) is 0 Å². The van der Waals surface area contributed by atoms with Gasteiger partial charge < -0.3 is 14.8 Å². The van der Waals surface area contributed by atoms with Gasteiger partial charge in [-0.05, 0) is 18.2 Å². The summed E-state index contributed by atoms with van der Waals surface area (Å²) in [6, 6.07) is 5.07. The summed E-state index contributed by atoms with van der Waals surface area (Å²) in [7, 11) is 0. The van der Waals surface area contributed by atoms with Crippen molar-refractivity contribution >= 4 is 5.69 Å². The molecule has 108 valence electrons. The summed E-state index contributed by atoms with van der Waals surface area (Å²) < 4.78 is 48.9. The maximum Gasteiger partial charge on any atom is 0.417 e. The molecule has 1 unspecified atom stereocenters. The first-order valence-electron chi connectivity index (χ1n) is 6.05. The standard InChI is InChI=1S/C13H13F3N2O2/c14-13(15,16)12-5-10(2-1-9(12)6-17)18-7-11-8-19-3-4-20-11/h1-2,5,11,18H,3-4,7-8H2. The molecule has 0 aliphatic carbocycles. The molecule has 1 aliphatic heterocycles. The Labute approximate surface area is 114 Å². The quantitative estimate of drug-likeness (QED) is 0.927. The van der Waals surface area contributed by atoms with Gasteiger partial charge in [0.1, 0.15) is 0 Å². The van der Waals surface area contributed by atoms with Crippen molar-refractivity contribution in [2.45, 2.75) is 12.3 Å². The third-order valence-electron chi connectivity index (χ3n) is 2.86. The molecule has 0 saturated carbocycles. The molecule has 4 nitrogen and oxygen atoms in total. The Morgan fingerprint density at radius 3 is 2.75 bits per heavy atom. The van der Waals surface area contributed by atoms with Crippen molar-refractivity contribution in [2.24, 2.45) is 0 Å². The van der Waals surface area contributed by atoms with E-state index in [2.05, 4.69) is 5.32 Å². The molecule has 1 aromatic rings. The lowest BCUT2D eigenvalue weighted by atomic mass is 10.1. The lowest BCUT2D eigenvalue weighted by Crippen LogP contribution is -2.34. The van der Waals surface area contributed by atoms with E-state index in [9.17, 15) is 13.2 Å². The van der Waals surface area contributed by atoms with Gasteiger partial charge in [0.25, 0.3) is 0 Å². The molecule has 2 rings (SSSR count). The van der Waals surface area contributed by atoms with E-state index in [1.807, 2.05) is 0 Å². The minimum atomic E-state index is -4.55. The predicted molar refractivity (Wildman–Crippen MR) is 65.2 cm³/mol. The van der Waals surface area contributed by atoms with E-state index in [-0.39, 0.29) is 11.7 Å². The van der Waals surface area contributed by atoms with Crippen molar-refractivity contribution in [1.29, 1.82) is 5.26 Å². The number of anilines is 1. The van der Waals surface area contributed by atoms with Crippen LogP contribution in [0, 0.1) is 11.3 Å². The number of benzene rings is 1. The van der Waals surface area contributed by atoms with Gasteiger partial charge in [0.05, 0.1) is 43.1 Å². The molecule has 1 aliphatic rings. The summed E-state index contributed by atoms with van der Waals surface area (Å²) in [6.07, 6.45) is -4.73. The second kappa shape index (κ2) is 6.11. The van der Waals surface area contributed by atoms with E-state index in [4.69, 9.17) is 14.7 Å². The van der Waals surface area contributed by atoms with Crippen LogP contribution in [0.4, 0.5) is 18.9 Å². The molecule has 0 amide bonds. The van der Waals surface area contributed by atoms with E-state index in [1.54, 1.807) is 6.07 Å². The Morgan fingerprint density at radius 1 is 1.35 bits per heavy atom. The van der Waals surface area contributed by atoms with Crippen LogP contribution < -0.4 is 5.32 Å². The number of hydrogen-bond acceptors (Lipinski definition) is 4. The highest BCUT2D eigenvalue weighted by Crippen LogP contribution is 2.33. The van der Waals surface area contributed by atoms with Gasteiger partial charge in [-0.3, -0.25) is 0 Å². The van der Waals surface area contributed by atoms with E-state index in [1.165, 1.54) is 6.07 Å². The Morgan fingerprint density at radius 2 is 2.15 bits per heavy atom. The third-order valence-corrected chi connectivity index (χ3v) is 2.86. The van der Waals surface area contributed by atoms with Gasteiger partial charge in [-0.25, -0.2) is 0 Å².